The number of carbonyl (C=O) groups excluding carboxylic acids is 1. The van der Waals surface area contributed by atoms with Crippen LogP contribution >= 0.6 is 36.2 Å². The molecule has 1 saturated heterocycles. The van der Waals surface area contributed by atoms with Crippen LogP contribution in [0.2, 0.25) is 0 Å². The number of hydrogen-bond acceptors (Lipinski definition) is 4. The van der Waals surface area contributed by atoms with Crippen molar-refractivity contribution in [3.63, 3.8) is 0 Å². The zero-order valence-corrected chi connectivity index (χ0v) is 15.0. The van der Waals surface area contributed by atoms with E-state index in [0.717, 1.165) is 32.7 Å². The Morgan fingerprint density at radius 1 is 1.29 bits per heavy atom. The summed E-state index contributed by atoms with van der Waals surface area (Å²) in [6.45, 7) is 8.46. The fourth-order valence-electron chi connectivity index (χ4n) is 2.25. The molecule has 0 spiro atoms. The molecule has 0 radical (unpaired) electrons. The summed E-state index contributed by atoms with van der Waals surface area (Å²) in [6, 6.07) is 3.89. The lowest BCUT2D eigenvalue weighted by molar-refractivity contribution is -0.135. The fraction of sp³-hybridized carbons (Fsp3) is 0.643. The molecule has 0 aliphatic carbocycles. The van der Waals surface area contributed by atoms with Gasteiger partial charge >= 0.3 is 0 Å². The van der Waals surface area contributed by atoms with E-state index in [1.165, 1.54) is 4.88 Å². The lowest BCUT2D eigenvalue weighted by atomic mass is 10.0. The highest BCUT2D eigenvalue weighted by molar-refractivity contribution is 7.09. The van der Waals surface area contributed by atoms with Crippen molar-refractivity contribution in [1.82, 2.24) is 9.80 Å². The topological polar surface area (TPSA) is 49.6 Å². The minimum atomic E-state index is -0.358. The molecule has 1 amide bonds. The molecule has 1 unspecified atom stereocenters. The average Bonchev–Trinajstić information content (AvgIpc) is 2.90. The Labute approximate surface area is 143 Å². The van der Waals surface area contributed by atoms with Gasteiger partial charge in [0.25, 0.3) is 0 Å². The summed E-state index contributed by atoms with van der Waals surface area (Å²) in [5, 5.41) is 2.11. The van der Waals surface area contributed by atoms with Crippen molar-refractivity contribution in [1.29, 1.82) is 0 Å². The Bertz CT molecular complexity index is 406. The van der Waals surface area contributed by atoms with E-state index >= 15 is 0 Å². The predicted octanol–water partition coefficient (Wildman–Crippen LogP) is 2.22. The van der Waals surface area contributed by atoms with Gasteiger partial charge in [-0.1, -0.05) is 19.9 Å². The quantitative estimate of drug-likeness (QED) is 0.902. The highest BCUT2D eigenvalue weighted by Gasteiger charge is 2.26. The number of amides is 1. The monoisotopic (exact) mass is 353 g/mol. The van der Waals surface area contributed by atoms with Gasteiger partial charge in [0.05, 0.1) is 6.04 Å². The molecular weight excluding hydrogens is 329 g/mol. The van der Waals surface area contributed by atoms with E-state index in [0.29, 0.717) is 0 Å². The van der Waals surface area contributed by atoms with E-state index in [1.807, 2.05) is 18.7 Å². The third kappa shape index (κ3) is 5.75. The van der Waals surface area contributed by atoms with Crippen LogP contribution in [-0.2, 0) is 11.3 Å². The summed E-state index contributed by atoms with van der Waals surface area (Å²) >= 11 is 1.79. The number of piperazine rings is 1. The van der Waals surface area contributed by atoms with Gasteiger partial charge < -0.3 is 10.6 Å². The molecule has 2 N–H and O–H groups in total. The molecule has 21 heavy (non-hydrogen) atoms. The second-order valence-corrected chi connectivity index (χ2v) is 6.48. The van der Waals surface area contributed by atoms with Gasteiger partial charge in [0.2, 0.25) is 5.91 Å². The predicted molar refractivity (Wildman–Crippen MR) is 93.5 cm³/mol. The summed E-state index contributed by atoms with van der Waals surface area (Å²) in [5.41, 5.74) is 5.93. The van der Waals surface area contributed by atoms with Crippen molar-refractivity contribution in [3.8, 4) is 0 Å². The van der Waals surface area contributed by atoms with Gasteiger partial charge in [0.1, 0.15) is 0 Å². The Morgan fingerprint density at radius 2 is 1.90 bits per heavy atom. The average molecular weight is 354 g/mol. The standard InChI is InChI=1S/C14H23N3OS.2ClH/c1-11(2)13(15)14(18)17-7-5-16(6-8-17)10-12-4-3-9-19-12;;/h3-4,9,11,13H,5-8,10,15H2,1-2H3;2*1H. The Kier molecular flexibility index (Phi) is 9.49. The normalized spacial score (nSPS) is 17.0. The summed E-state index contributed by atoms with van der Waals surface area (Å²) < 4.78 is 0. The van der Waals surface area contributed by atoms with E-state index in [2.05, 4.69) is 22.4 Å². The summed E-state index contributed by atoms with van der Waals surface area (Å²) in [7, 11) is 0. The van der Waals surface area contributed by atoms with Gasteiger partial charge in [0, 0.05) is 37.6 Å². The van der Waals surface area contributed by atoms with Crippen LogP contribution in [0.1, 0.15) is 18.7 Å². The molecule has 122 valence electrons. The molecule has 4 nitrogen and oxygen atoms in total. The largest absolute Gasteiger partial charge is 0.339 e. The van der Waals surface area contributed by atoms with Crippen molar-refractivity contribution >= 4 is 42.1 Å². The molecule has 2 heterocycles. The molecule has 1 fully saturated rings. The third-order valence-electron chi connectivity index (χ3n) is 3.65. The van der Waals surface area contributed by atoms with Gasteiger partial charge in [-0.15, -0.1) is 36.2 Å². The highest BCUT2D eigenvalue weighted by atomic mass is 35.5. The van der Waals surface area contributed by atoms with Crippen LogP contribution in [-0.4, -0.2) is 47.9 Å². The van der Waals surface area contributed by atoms with Crippen molar-refractivity contribution < 1.29 is 4.79 Å². The Morgan fingerprint density at radius 3 is 2.38 bits per heavy atom. The lowest BCUT2D eigenvalue weighted by Gasteiger charge is -2.36. The van der Waals surface area contributed by atoms with Crippen molar-refractivity contribution in [3.05, 3.63) is 22.4 Å². The van der Waals surface area contributed by atoms with Gasteiger partial charge in [0.15, 0.2) is 0 Å². The number of nitrogens with zero attached hydrogens (tertiary/aromatic N) is 2. The van der Waals surface area contributed by atoms with Crippen LogP contribution in [0.25, 0.3) is 0 Å². The molecule has 0 aromatic carbocycles. The summed E-state index contributed by atoms with van der Waals surface area (Å²) in [4.78, 5) is 17.8. The smallest absolute Gasteiger partial charge is 0.239 e. The van der Waals surface area contributed by atoms with Gasteiger partial charge in [-0.3, -0.25) is 9.69 Å². The number of rotatable bonds is 4. The van der Waals surface area contributed by atoms with Crippen LogP contribution < -0.4 is 5.73 Å². The zero-order valence-electron chi connectivity index (χ0n) is 12.5. The molecular formula is C14H25Cl2N3OS. The molecule has 0 bridgehead atoms. The molecule has 1 aromatic rings. The molecule has 0 saturated carbocycles. The van der Waals surface area contributed by atoms with Gasteiger partial charge in [-0.2, -0.15) is 0 Å². The maximum atomic E-state index is 12.1. The molecule has 1 atom stereocenters. The third-order valence-corrected chi connectivity index (χ3v) is 4.51. The number of thiophene rings is 1. The first kappa shape index (κ1) is 20.7. The SMILES string of the molecule is CC(C)C(N)C(=O)N1CCN(Cc2cccs2)CC1.Cl.Cl. The first-order valence-corrected chi connectivity index (χ1v) is 7.75. The molecule has 1 aliphatic rings. The lowest BCUT2D eigenvalue weighted by Crippen LogP contribution is -2.54. The summed E-state index contributed by atoms with van der Waals surface area (Å²) in [6.07, 6.45) is 0. The van der Waals surface area contributed by atoms with E-state index in [-0.39, 0.29) is 42.7 Å². The second-order valence-electron chi connectivity index (χ2n) is 5.45. The number of nitrogens with two attached hydrogens (primary N) is 1. The minimum absolute atomic E-state index is 0. The molecule has 1 aromatic heterocycles. The molecule has 7 heteroatoms. The van der Waals surface area contributed by atoms with E-state index in [9.17, 15) is 4.79 Å². The van der Waals surface area contributed by atoms with Crippen LogP contribution in [0.5, 0.6) is 0 Å². The Balaban J connectivity index is 0.00000200. The maximum Gasteiger partial charge on any atom is 0.239 e. The zero-order chi connectivity index (χ0) is 13.8. The minimum Gasteiger partial charge on any atom is -0.339 e. The van der Waals surface area contributed by atoms with E-state index in [4.69, 9.17) is 5.73 Å². The second kappa shape index (κ2) is 9.64. The van der Waals surface area contributed by atoms with Crippen molar-refractivity contribution in [2.24, 2.45) is 11.7 Å². The first-order chi connectivity index (χ1) is 9.08. The van der Waals surface area contributed by atoms with Crippen LogP contribution in [0.15, 0.2) is 17.5 Å². The highest BCUT2D eigenvalue weighted by Crippen LogP contribution is 2.14. The maximum absolute atomic E-state index is 12.1. The number of carbonyl (C=O) groups is 1. The summed E-state index contributed by atoms with van der Waals surface area (Å²) in [5.74, 6) is 0.308. The van der Waals surface area contributed by atoms with E-state index < -0.39 is 0 Å². The van der Waals surface area contributed by atoms with Crippen molar-refractivity contribution in [2.75, 3.05) is 26.2 Å². The van der Waals surface area contributed by atoms with Crippen LogP contribution in [0.4, 0.5) is 0 Å². The van der Waals surface area contributed by atoms with Gasteiger partial charge in [-0.05, 0) is 17.4 Å². The van der Waals surface area contributed by atoms with Gasteiger partial charge in [-0.25, -0.2) is 0 Å². The van der Waals surface area contributed by atoms with Crippen molar-refractivity contribution in [2.45, 2.75) is 26.4 Å². The molecule has 1 aliphatic heterocycles. The number of hydrogen-bond donors (Lipinski definition) is 1. The van der Waals surface area contributed by atoms with Crippen LogP contribution in [0.3, 0.4) is 0 Å². The fourth-order valence-corrected chi connectivity index (χ4v) is 2.99. The van der Waals surface area contributed by atoms with E-state index in [1.54, 1.807) is 11.3 Å². The number of halogens is 2. The Hall–Kier alpha value is -0.330. The first-order valence-electron chi connectivity index (χ1n) is 6.87. The van der Waals surface area contributed by atoms with Crippen LogP contribution in [0, 0.1) is 5.92 Å². The molecule has 2 rings (SSSR count).